The van der Waals surface area contributed by atoms with Gasteiger partial charge in [0, 0.05) is 5.75 Å². The van der Waals surface area contributed by atoms with E-state index in [4.69, 9.17) is 10.7 Å². The van der Waals surface area contributed by atoms with Crippen LogP contribution >= 0.6 is 34.3 Å². The van der Waals surface area contributed by atoms with Crippen molar-refractivity contribution in [3.63, 3.8) is 0 Å². The molecule has 4 heteroatoms. The molecule has 0 aromatic rings. The molecule has 0 fully saturated rings. The van der Waals surface area contributed by atoms with Crippen LogP contribution < -0.4 is 0 Å². The van der Waals surface area contributed by atoms with Crippen molar-refractivity contribution in [3.05, 3.63) is 0 Å². The van der Waals surface area contributed by atoms with Gasteiger partial charge in [-0.05, 0) is 28.6 Å². The molecule has 1 nitrogen and oxygen atoms in total. The van der Waals surface area contributed by atoms with Gasteiger partial charge in [-0.2, -0.15) is 12.6 Å². The third-order valence-corrected chi connectivity index (χ3v) is 3.26. The number of halogens is 1. The van der Waals surface area contributed by atoms with E-state index in [1.54, 1.807) is 6.92 Å². The SMILES string of the molecule is CC(C=O)(CS)SCl. The molecule has 0 aliphatic heterocycles. The van der Waals surface area contributed by atoms with Gasteiger partial charge in [-0.1, -0.05) is 0 Å². The lowest BCUT2D eigenvalue weighted by molar-refractivity contribution is -0.109. The molecule has 0 radical (unpaired) electrons. The predicted molar refractivity (Wildman–Crippen MR) is 41.8 cm³/mol. The third kappa shape index (κ3) is 2.29. The van der Waals surface area contributed by atoms with Gasteiger partial charge in [0.25, 0.3) is 0 Å². The Morgan fingerprint density at radius 1 is 2.00 bits per heavy atom. The summed E-state index contributed by atoms with van der Waals surface area (Å²) in [4.78, 5) is 10.1. The van der Waals surface area contributed by atoms with Crippen LogP contribution in [0.2, 0.25) is 0 Å². The molecule has 1 unspecified atom stereocenters. The highest BCUT2D eigenvalue weighted by atomic mass is 35.7. The van der Waals surface area contributed by atoms with Crippen LogP contribution in [0.5, 0.6) is 0 Å². The Morgan fingerprint density at radius 2 is 2.50 bits per heavy atom. The van der Waals surface area contributed by atoms with Gasteiger partial charge in [-0.15, -0.1) is 0 Å². The summed E-state index contributed by atoms with van der Waals surface area (Å²) < 4.78 is -0.509. The second-order valence-corrected chi connectivity index (χ2v) is 3.53. The molecule has 0 N–H and O–H groups in total. The Hall–Kier alpha value is 0.660. The van der Waals surface area contributed by atoms with Crippen LogP contribution in [-0.4, -0.2) is 16.8 Å². The first-order valence-corrected chi connectivity index (χ1v) is 4.33. The molecule has 0 spiro atoms. The number of aldehydes is 1. The summed E-state index contributed by atoms with van der Waals surface area (Å²) in [5, 5.41) is 0. The zero-order valence-electron chi connectivity index (χ0n) is 4.43. The topological polar surface area (TPSA) is 17.1 Å². The van der Waals surface area contributed by atoms with Gasteiger partial charge in [0.1, 0.15) is 6.29 Å². The molecule has 0 saturated heterocycles. The average Bonchev–Trinajstić information content (AvgIpc) is 1.87. The van der Waals surface area contributed by atoms with Crippen LogP contribution in [0.25, 0.3) is 0 Å². The third-order valence-electron chi connectivity index (χ3n) is 0.739. The maximum atomic E-state index is 10.1. The minimum atomic E-state index is -0.509. The van der Waals surface area contributed by atoms with Crippen molar-refractivity contribution < 1.29 is 4.79 Å². The Labute approximate surface area is 63.1 Å². The Kier molecular flexibility index (Phi) is 3.94. The highest BCUT2D eigenvalue weighted by Crippen LogP contribution is 2.26. The van der Waals surface area contributed by atoms with E-state index in [0.29, 0.717) is 5.75 Å². The van der Waals surface area contributed by atoms with Crippen LogP contribution in [0.3, 0.4) is 0 Å². The summed E-state index contributed by atoms with van der Waals surface area (Å²) >= 11 is 3.92. The number of thiol groups is 1. The van der Waals surface area contributed by atoms with E-state index >= 15 is 0 Å². The summed E-state index contributed by atoms with van der Waals surface area (Å²) in [7, 11) is 6.35. The molecule has 0 heterocycles. The average molecular weight is 171 g/mol. The molecule has 0 aromatic carbocycles. The van der Waals surface area contributed by atoms with E-state index in [0.717, 1.165) is 17.3 Å². The molecular formula is C4H7ClOS2. The molecule has 0 aromatic heterocycles. The maximum absolute atomic E-state index is 10.1. The number of rotatable bonds is 3. The minimum absolute atomic E-state index is 0.477. The number of hydrogen-bond donors (Lipinski definition) is 1. The van der Waals surface area contributed by atoms with Crippen molar-refractivity contribution in [2.24, 2.45) is 0 Å². The molecule has 0 aliphatic carbocycles. The number of carbonyl (C=O) groups excluding carboxylic acids is 1. The summed E-state index contributed by atoms with van der Waals surface area (Å²) in [5.74, 6) is 0.477. The van der Waals surface area contributed by atoms with Crippen LogP contribution in [-0.2, 0) is 4.79 Å². The second-order valence-electron chi connectivity index (χ2n) is 1.67. The van der Waals surface area contributed by atoms with E-state index in [-0.39, 0.29) is 0 Å². The number of hydrogen-bond acceptors (Lipinski definition) is 3. The fraction of sp³-hybridized carbons (Fsp3) is 0.750. The van der Waals surface area contributed by atoms with Crippen molar-refractivity contribution in [2.75, 3.05) is 5.75 Å². The van der Waals surface area contributed by atoms with Crippen molar-refractivity contribution in [2.45, 2.75) is 11.7 Å². The lowest BCUT2D eigenvalue weighted by Gasteiger charge is -2.13. The lowest BCUT2D eigenvalue weighted by Crippen LogP contribution is -2.22. The minimum Gasteiger partial charge on any atom is -0.302 e. The molecular weight excluding hydrogens is 164 g/mol. The zero-order chi connectivity index (χ0) is 6.62. The molecule has 0 aliphatic rings. The van der Waals surface area contributed by atoms with E-state index in [2.05, 4.69) is 12.6 Å². The van der Waals surface area contributed by atoms with Crippen LogP contribution in [0.15, 0.2) is 0 Å². The summed E-state index contributed by atoms with van der Waals surface area (Å²) in [6.45, 7) is 1.74. The van der Waals surface area contributed by atoms with Gasteiger partial charge in [0.15, 0.2) is 0 Å². The zero-order valence-corrected chi connectivity index (χ0v) is 6.89. The molecule has 1 atom stereocenters. The van der Waals surface area contributed by atoms with Crippen molar-refractivity contribution in [1.82, 2.24) is 0 Å². The smallest absolute Gasteiger partial charge is 0.137 e. The van der Waals surface area contributed by atoms with E-state index < -0.39 is 4.75 Å². The van der Waals surface area contributed by atoms with E-state index in [1.165, 1.54) is 0 Å². The van der Waals surface area contributed by atoms with Crippen molar-refractivity contribution >= 4 is 40.6 Å². The van der Waals surface area contributed by atoms with E-state index in [9.17, 15) is 4.79 Å². The van der Waals surface area contributed by atoms with Gasteiger partial charge < -0.3 is 4.79 Å². The fourth-order valence-electron chi connectivity index (χ4n) is 0.0799. The molecule has 0 amide bonds. The van der Waals surface area contributed by atoms with Crippen LogP contribution in [0.4, 0.5) is 0 Å². The Balaban J connectivity index is 3.76. The van der Waals surface area contributed by atoms with E-state index in [1.807, 2.05) is 0 Å². The van der Waals surface area contributed by atoms with Crippen LogP contribution in [0.1, 0.15) is 6.92 Å². The summed E-state index contributed by atoms with van der Waals surface area (Å²) in [5.41, 5.74) is 0. The molecule has 0 saturated carbocycles. The summed E-state index contributed by atoms with van der Waals surface area (Å²) in [6, 6.07) is 0. The lowest BCUT2D eigenvalue weighted by atomic mass is 10.2. The monoisotopic (exact) mass is 170 g/mol. The van der Waals surface area contributed by atoms with Gasteiger partial charge in [-0.3, -0.25) is 0 Å². The quantitative estimate of drug-likeness (QED) is 0.514. The predicted octanol–water partition coefficient (Wildman–Crippen LogP) is 1.76. The van der Waals surface area contributed by atoms with Crippen molar-refractivity contribution in [1.29, 1.82) is 0 Å². The fourth-order valence-corrected chi connectivity index (χ4v) is 0.934. The van der Waals surface area contributed by atoms with Crippen molar-refractivity contribution in [3.8, 4) is 0 Å². The van der Waals surface area contributed by atoms with Gasteiger partial charge in [0.05, 0.1) is 4.75 Å². The van der Waals surface area contributed by atoms with Gasteiger partial charge in [0.2, 0.25) is 0 Å². The number of carbonyl (C=O) groups is 1. The van der Waals surface area contributed by atoms with Gasteiger partial charge in [-0.25, -0.2) is 0 Å². The van der Waals surface area contributed by atoms with Crippen LogP contribution in [0, 0.1) is 0 Å². The normalized spacial score (nSPS) is 17.4. The first-order chi connectivity index (χ1) is 3.68. The standard InChI is InChI=1S/C4H7ClOS2/c1-4(2-6,3-7)8-5/h2,7H,3H2,1H3. The Bertz CT molecular complexity index is 82.1. The molecule has 48 valence electrons. The first kappa shape index (κ1) is 8.66. The second kappa shape index (κ2) is 3.64. The largest absolute Gasteiger partial charge is 0.302 e. The molecule has 8 heavy (non-hydrogen) atoms. The molecule has 0 bridgehead atoms. The highest BCUT2D eigenvalue weighted by molar-refractivity contribution is 8.22. The molecule has 0 rings (SSSR count). The first-order valence-electron chi connectivity index (χ1n) is 2.05. The highest BCUT2D eigenvalue weighted by Gasteiger charge is 2.20. The summed E-state index contributed by atoms with van der Waals surface area (Å²) in [6.07, 6.45) is 0.803. The van der Waals surface area contributed by atoms with Gasteiger partial charge >= 0.3 is 0 Å². The Morgan fingerprint density at radius 3 is 2.50 bits per heavy atom. The maximum Gasteiger partial charge on any atom is 0.137 e.